The van der Waals surface area contributed by atoms with Gasteiger partial charge >= 0.3 is 0 Å². The predicted molar refractivity (Wildman–Crippen MR) is 75.8 cm³/mol. The maximum atomic E-state index is 11.4. The van der Waals surface area contributed by atoms with Gasteiger partial charge in [-0.15, -0.1) is 11.6 Å². The Kier molecular flexibility index (Phi) is 3.92. The Labute approximate surface area is 118 Å². The summed E-state index contributed by atoms with van der Waals surface area (Å²) in [5.41, 5.74) is 7.11. The number of nitrogens with two attached hydrogens (primary N) is 1. The van der Waals surface area contributed by atoms with Gasteiger partial charge in [0, 0.05) is 16.8 Å². The molecule has 0 saturated carbocycles. The van der Waals surface area contributed by atoms with Crippen molar-refractivity contribution in [2.45, 2.75) is 19.4 Å². The molecule has 96 valence electrons. The van der Waals surface area contributed by atoms with Crippen molar-refractivity contribution in [1.29, 1.82) is 0 Å². The van der Waals surface area contributed by atoms with Crippen LogP contribution < -0.4 is 5.73 Å². The van der Waals surface area contributed by atoms with Gasteiger partial charge in [-0.3, -0.25) is 4.79 Å². The molecule has 0 saturated heterocycles. The summed E-state index contributed by atoms with van der Waals surface area (Å²) in [6, 6.07) is 5.31. The van der Waals surface area contributed by atoms with Crippen LogP contribution >= 0.6 is 27.5 Å². The fraction of sp³-hybridized carbons (Fsp3) is 0.333. The Bertz CT molecular complexity index is 596. The lowest BCUT2D eigenvalue weighted by Gasteiger charge is -2.14. The average Bonchev–Trinajstić information content (AvgIpc) is 2.66. The molecule has 1 heterocycles. The summed E-state index contributed by atoms with van der Waals surface area (Å²) in [4.78, 5) is 15.9. The fourth-order valence-corrected chi connectivity index (χ4v) is 2.45. The third-order valence-corrected chi connectivity index (χ3v) is 3.52. The largest absolute Gasteiger partial charge is 0.368 e. The van der Waals surface area contributed by atoms with E-state index in [2.05, 4.69) is 20.9 Å². The van der Waals surface area contributed by atoms with E-state index in [1.165, 1.54) is 0 Å². The number of aryl methyl sites for hydroxylation is 1. The van der Waals surface area contributed by atoms with Gasteiger partial charge in [-0.1, -0.05) is 15.9 Å². The number of imidazole rings is 1. The first-order valence-corrected chi connectivity index (χ1v) is 6.89. The number of hydrogen-bond donors (Lipinski definition) is 1. The zero-order valence-electron chi connectivity index (χ0n) is 9.86. The molecule has 4 nitrogen and oxygen atoms in total. The molecule has 2 aromatic rings. The number of halogens is 2. The van der Waals surface area contributed by atoms with Crippen LogP contribution in [0.4, 0.5) is 0 Å². The zero-order valence-corrected chi connectivity index (χ0v) is 12.2. The summed E-state index contributed by atoms with van der Waals surface area (Å²) in [6.45, 7) is 1.77. The second-order valence-corrected chi connectivity index (χ2v) is 5.34. The van der Waals surface area contributed by atoms with Crippen LogP contribution in [0.3, 0.4) is 0 Å². The number of amides is 1. The first kappa shape index (κ1) is 13.4. The van der Waals surface area contributed by atoms with E-state index in [0.717, 1.165) is 21.3 Å². The van der Waals surface area contributed by atoms with Gasteiger partial charge in [0.25, 0.3) is 0 Å². The second kappa shape index (κ2) is 5.28. The molecule has 0 fully saturated rings. The third kappa shape index (κ3) is 2.37. The highest BCUT2D eigenvalue weighted by Gasteiger charge is 2.19. The summed E-state index contributed by atoms with van der Waals surface area (Å²) in [6.07, 6.45) is 0.603. The van der Waals surface area contributed by atoms with Gasteiger partial charge in [0.15, 0.2) is 0 Å². The standard InChI is InChI=1S/C12H13BrClN3O/c1-7(12(15)18)17-10-6-8(13)2-3-9(10)16-11(17)4-5-14/h2-3,6-7H,4-5H2,1H3,(H2,15,18). The van der Waals surface area contributed by atoms with Crippen LogP contribution in [0.5, 0.6) is 0 Å². The van der Waals surface area contributed by atoms with Crippen molar-refractivity contribution in [1.82, 2.24) is 9.55 Å². The van der Waals surface area contributed by atoms with Crippen LogP contribution in [0, 0.1) is 0 Å². The monoisotopic (exact) mass is 329 g/mol. The van der Waals surface area contributed by atoms with Crippen molar-refractivity contribution in [2.75, 3.05) is 5.88 Å². The fourth-order valence-electron chi connectivity index (χ4n) is 1.94. The van der Waals surface area contributed by atoms with Crippen LogP contribution in [-0.4, -0.2) is 21.3 Å². The molecule has 6 heteroatoms. The maximum absolute atomic E-state index is 11.4. The number of primary amides is 1. The SMILES string of the molecule is CC(C(N)=O)n1c(CCCl)nc2ccc(Br)cc21. The summed E-state index contributed by atoms with van der Waals surface area (Å²) in [5, 5.41) is 0. The van der Waals surface area contributed by atoms with E-state index in [0.29, 0.717) is 12.3 Å². The molecular weight excluding hydrogens is 318 g/mol. The molecule has 1 atom stereocenters. The number of benzene rings is 1. The van der Waals surface area contributed by atoms with E-state index in [9.17, 15) is 4.79 Å². The highest BCUT2D eigenvalue weighted by atomic mass is 79.9. The minimum absolute atomic E-state index is 0.384. The number of fused-ring (bicyclic) bond motifs is 1. The minimum atomic E-state index is -0.442. The number of rotatable bonds is 4. The lowest BCUT2D eigenvalue weighted by molar-refractivity contribution is -0.120. The van der Waals surface area contributed by atoms with Crippen LogP contribution in [0.25, 0.3) is 11.0 Å². The Balaban J connectivity index is 2.67. The first-order valence-electron chi connectivity index (χ1n) is 5.56. The molecule has 1 aromatic heterocycles. The van der Waals surface area contributed by atoms with E-state index in [4.69, 9.17) is 17.3 Å². The second-order valence-electron chi connectivity index (χ2n) is 4.05. The lowest BCUT2D eigenvalue weighted by atomic mass is 10.2. The Morgan fingerprint density at radius 3 is 2.94 bits per heavy atom. The molecule has 2 rings (SSSR count). The highest BCUT2D eigenvalue weighted by molar-refractivity contribution is 9.10. The van der Waals surface area contributed by atoms with Crippen molar-refractivity contribution < 1.29 is 4.79 Å². The molecule has 0 aliphatic heterocycles. The summed E-state index contributed by atoms with van der Waals surface area (Å²) < 4.78 is 2.79. The van der Waals surface area contributed by atoms with Gasteiger partial charge in [0.05, 0.1) is 11.0 Å². The number of aromatic nitrogens is 2. The van der Waals surface area contributed by atoms with E-state index in [1.807, 2.05) is 22.8 Å². The quantitative estimate of drug-likeness (QED) is 0.876. The summed E-state index contributed by atoms with van der Waals surface area (Å²) in [5.74, 6) is 0.852. The molecular formula is C12H13BrClN3O. The van der Waals surface area contributed by atoms with Crippen molar-refractivity contribution in [2.24, 2.45) is 5.73 Å². The summed E-state index contributed by atoms with van der Waals surface area (Å²) >= 11 is 9.19. The van der Waals surface area contributed by atoms with Crippen LogP contribution in [0.2, 0.25) is 0 Å². The number of carbonyl (C=O) groups excluding carboxylic acids is 1. The van der Waals surface area contributed by atoms with Crippen molar-refractivity contribution in [3.63, 3.8) is 0 Å². The predicted octanol–water partition coefficient (Wildman–Crippen LogP) is 2.63. The Morgan fingerprint density at radius 2 is 2.33 bits per heavy atom. The Morgan fingerprint density at radius 1 is 1.61 bits per heavy atom. The van der Waals surface area contributed by atoms with Gasteiger partial charge in [0.1, 0.15) is 11.9 Å². The van der Waals surface area contributed by atoms with Gasteiger partial charge < -0.3 is 10.3 Å². The van der Waals surface area contributed by atoms with Crippen molar-refractivity contribution in [3.8, 4) is 0 Å². The average molecular weight is 331 g/mol. The normalized spacial score (nSPS) is 12.8. The Hall–Kier alpha value is -1.07. The smallest absolute Gasteiger partial charge is 0.240 e. The molecule has 0 aliphatic carbocycles. The first-order chi connectivity index (χ1) is 8.54. The molecule has 0 spiro atoms. The van der Waals surface area contributed by atoms with Gasteiger partial charge in [-0.25, -0.2) is 4.98 Å². The molecule has 1 amide bonds. The highest BCUT2D eigenvalue weighted by Crippen LogP contribution is 2.25. The number of hydrogen-bond acceptors (Lipinski definition) is 2. The van der Waals surface area contributed by atoms with Gasteiger partial charge in [-0.2, -0.15) is 0 Å². The molecule has 1 unspecified atom stereocenters. The van der Waals surface area contributed by atoms with E-state index in [1.54, 1.807) is 6.92 Å². The van der Waals surface area contributed by atoms with Gasteiger partial charge in [0.2, 0.25) is 5.91 Å². The van der Waals surface area contributed by atoms with Crippen molar-refractivity contribution in [3.05, 3.63) is 28.5 Å². The van der Waals surface area contributed by atoms with Crippen LogP contribution in [0.15, 0.2) is 22.7 Å². The zero-order chi connectivity index (χ0) is 13.3. The lowest BCUT2D eigenvalue weighted by Crippen LogP contribution is -2.25. The van der Waals surface area contributed by atoms with Crippen molar-refractivity contribution >= 4 is 44.5 Å². The van der Waals surface area contributed by atoms with E-state index < -0.39 is 6.04 Å². The third-order valence-electron chi connectivity index (χ3n) is 2.84. The van der Waals surface area contributed by atoms with Crippen LogP contribution in [-0.2, 0) is 11.2 Å². The molecule has 0 bridgehead atoms. The minimum Gasteiger partial charge on any atom is -0.368 e. The van der Waals surface area contributed by atoms with E-state index in [-0.39, 0.29) is 5.91 Å². The molecule has 0 radical (unpaired) electrons. The molecule has 18 heavy (non-hydrogen) atoms. The van der Waals surface area contributed by atoms with Crippen LogP contribution in [0.1, 0.15) is 18.8 Å². The maximum Gasteiger partial charge on any atom is 0.240 e. The number of alkyl halides is 1. The topological polar surface area (TPSA) is 60.9 Å². The summed E-state index contributed by atoms with van der Waals surface area (Å²) in [7, 11) is 0. The molecule has 0 aliphatic rings. The number of nitrogens with zero attached hydrogens (tertiary/aromatic N) is 2. The number of carbonyl (C=O) groups is 1. The van der Waals surface area contributed by atoms with E-state index >= 15 is 0 Å². The van der Waals surface area contributed by atoms with Gasteiger partial charge in [-0.05, 0) is 25.1 Å². The molecule has 1 aromatic carbocycles. The molecule has 2 N–H and O–H groups in total.